The van der Waals surface area contributed by atoms with E-state index < -0.39 is 17.7 Å². The third kappa shape index (κ3) is 3.92. The molecule has 0 aliphatic carbocycles. The van der Waals surface area contributed by atoms with Gasteiger partial charge in [0, 0.05) is 0 Å². The number of rotatable bonds is 6. The molecule has 0 aliphatic heterocycles. The van der Waals surface area contributed by atoms with E-state index >= 15 is 0 Å². The zero-order valence-corrected chi connectivity index (χ0v) is 11.6. The first-order valence-corrected chi connectivity index (χ1v) is 6.59. The molecule has 1 atom stereocenters. The third-order valence-electron chi connectivity index (χ3n) is 2.87. The van der Waals surface area contributed by atoms with E-state index in [1.165, 1.54) is 6.07 Å². The second kappa shape index (κ2) is 7.04. The summed E-state index contributed by atoms with van der Waals surface area (Å²) in [4.78, 5) is 0. The Hall–Kier alpha value is -2.14. The van der Waals surface area contributed by atoms with Crippen LogP contribution in [0.4, 0.5) is 8.78 Å². The van der Waals surface area contributed by atoms with Gasteiger partial charge in [0.05, 0.1) is 6.61 Å². The SMILES string of the molecule is CCOc1ccccc1OCC(O)c1ccc(F)c(F)c1. The Balaban J connectivity index is 2.03. The number of hydrogen-bond acceptors (Lipinski definition) is 3. The molecule has 0 saturated carbocycles. The lowest BCUT2D eigenvalue weighted by atomic mass is 10.1. The predicted molar refractivity (Wildman–Crippen MR) is 74.4 cm³/mol. The molecule has 0 aliphatic rings. The lowest BCUT2D eigenvalue weighted by Gasteiger charge is -2.15. The van der Waals surface area contributed by atoms with Crippen molar-refractivity contribution in [3.05, 3.63) is 59.7 Å². The van der Waals surface area contributed by atoms with Crippen LogP contribution < -0.4 is 9.47 Å². The fourth-order valence-corrected chi connectivity index (χ4v) is 1.83. The second-order valence-corrected chi connectivity index (χ2v) is 4.38. The maximum atomic E-state index is 13.1. The smallest absolute Gasteiger partial charge is 0.161 e. The van der Waals surface area contributed by atoms with Gasteiger partial charge in [0.2, 0.25) is 0 Å². The maximum Gasteiger partial charge on any atom is 0.161 e. The highest BCUT2D eigenvalue weighted by Crippen LogP contribution is 2.27. The van der Waals surface area contributed by atoms with Crippen molar-refractivity contribution in [3.8, 4) is 11.5 Å². The molecule has 0 saturated heterocycles. The molecule has 1 N–H and O–H groups in total. The monoisotopic (exact) mass is 294 g/mol. The molecule has 0 amide bonds. The number of hydrogen-bond donors (Lipinski definition) is 1. The van der Waals surface area contributed by atoms with Crippen molar-refractivity contribution in [1.82, 2.24) is 0 Å². The van der Waals surface area contributed by atoms with Gasteiger partial charge in [-0.2, -0.15) is 0 Å². The Morgan fingerprint density at radius 2 is 1.67 bits per heavy atom. The van der Waals surface area contributed by atoms with E-state index in [1.54, 1.807) is 18.2 Å². The first-order chi connectivity index (χ1) is 10.1. The standard InChI is InChI=1S/C16H16F2O3/c1-2-20-15-5-3-4-6-16(15)21-10-14(19)11-7-8-12(17)13(18)9-11/h3-9,14,19H,2,10H2,1H3. The third-order valence-corrected chi connectivity index (χ3v) is 2.87. The molecule has 0 fully saturated rings. The van der Waals surface area contributed by atoms with Crippen LogP contribution in [0.15, 0.2) is 42.5 Å². The Kier molecular flexibility index (Phi) is 5.11. The predicted octanol–water partition coefficient (Wildman–Crippen LogP) is 3.48. The summed E-state index contributed by atoms with van der Waals surface area (Å²) in [6.07, 6.45) is -1.06. The average Bonchev–Trinajstić information content (AvgIpc) is 2.49. The van der Waals surface area contributed by atoms with Gasteiger partial charge < -0.3 is 14.6 Å². The molecular weight excluding hydrogens is 278 g/mol. The number of benzene rings is 2. The summed E-state index contributed by atoms with van der Waals surface area (Å²) in [5.41, 5.74) is 0.253. The molecule has 2 rings (SSSR count). The van der Waals surface area contributed by atoms with Crippen LogP contribution in [-0.2, 0) is 0 Å². The number of ether oxygens (including phenoxy) is 2. The summed E-state index contributed by atoms with van der Waals surface area (Å²) in [5.74, 6) is -0.895. The van der Waals surface area contributed by atoms with Crippen molar-refractivity contribution in [3.63, 3.8) is 0 Å². The molecule has 0 bridgehead atoms. The topological polar surface area (TPSA) is 38.7 Å². The van der Waals surface area contributed by atoms with Crippen LogP contribution in [0, 0.1) is 11.6 Å². The summed E-state index contributed by atoms with van der Waals surface area (Å²) in [6.45, 7) is 2.26. The maximum absolute atomic E-state index is 13.1. The summed E-state index contributed by atoms with van der Waals surface area (Å²) in [7, 11) is 0. The molecule has 1 unspecified atom stereocenters. The summed E-state index contributed by atoms with van der Waals surface area (Å²) < 4.78 is 36.8. The van der Waals surface area contributed by atoms with Crippen molar-refractivity contribution >= 4 is 0 Å². The van der Waals surface area contributed by atoms with E-state index in [0.717, 1.165) is 12.1 Å². The largest absolute Gasteiger partial charge is 0.490 e. The zero-order valence-electron chi connectivity index (χ0n) is 11.6. The van der Waals surface area contributed by atoms with Crippen molar-refractivity contribution in [2.75, 3.05) is 13.2 Å². The molecule has 2 aromatic rings. The number of aliphatic hydroxyl groups is 1. The van der Waals surface area contributed by atoms with Gasteiger partial charge in [-0.25, -0.2) is 8.78 Å². The normalized spacial score (nSPS) is 12.0. The molecule has 0 heterocycles. The van der Waals surface area contributed by atoms with Crippen LogP contribution in [0.1, 0.15) is 18.6 Å². The average molecular weight is 294 g/mol. The van der Waals surface area contributed by atoms with Crippen LogP contribution in [0.2, 0.25) is 0 Å². The zero-order chi connectivity index (χ0) is 15.2. The van der Waals surface area contributed by atoms with E-state index in [-0.39, 0.29) is 12.2 Å². The molecule has 0 spiro atoms. The van der Waals surface area contributed by atoms with E-state index in [2.05, 4.69) is 0 Å². The quantitative estimate of drug-likeness (QED) is 0.886. The summed E-state index contributed by atoms with van der Waals surface area (Å²) in [5, 5.41) is 9.96. The Bertz CT molecular complexity index is 602. The van der Waals surface area contributed by atoms with Gasteiger partial charge in [-0.3, -0.25) is 0 Å². The molecular formula is C16H16F2O3. The first kappa shape index (κ1) is 15.3. The fraction of sp³-hybridized carbons (Fsp3) is 0.250. The Morgan fingerprint density at radius 1 is 1.00 bits per heavy atom. The number of aliphatic hydroxyl groups excluding tert-OH is 1. The highest BCUT2D eigenvalue weighted by atomic mass is 19.2. The first-order valence-electron chi connectivity index (χ1n) is 6.59. The minimum absolute atomic E-state index is 0.0881. The Labute approximate surface area is 121 Å². The molecule has 112 valence electrons. The van der Waals surface area contributed by atoms with Gasteiger partial charge in [-0.15, -0.1) is 0 Å². The van der Waals surface area contributed by atoms with Gasteiger partial charge in [-0.1, -0.05) is 18.2 Å². The molecule has 0 aromatic heterocycles. The molecule has 3 nitrogen and oxygen atoms in total. The van der Waals surface area contributed by atoms with Crippen LogP contribution >= 0.6 is 0 Å². The van der Waals surface area contributed by atoms with Crippen LogP contribution in [0.25, 0.3) is 0 Å². The van der Waals surface area contributed by atoms with Crippen molar-refractivity contribution in [2.45, 2.75) is 13.0 Å². The molecule has 2 aromatic carbocycles. The van der Waals surface area contributed by atoms with Gasteiger partial charge >= 0.3 is 0 Å². The highest BCUT2D eigenvalue weighted by molar-refractivity contribution is 5.39. The molecule has 0 radical (unpaired) electrons. The van der Waals surface area contributed by atoms with Crippen LogP contribution in [0.3, 0.4) is 0 Å². The minimum Gasteiger partial charge on any atom is -0.490 e. The van der Waals surface area contributed by atoms with Gasteiger partial charge in [0.25, 0.3) is 0 Å². The van der Waals surface area contributed by atoms with Crippen molar-refractivity contribution in [2.24, 2.45) is 0 Å². The van der Waals surface area contributed by atoms with Crippen molar-refractivity contribution < 1.29 is 23.4 Å². The number of para-hydroxylation sites is 2. The summed E-state index contributed by atoms with van der Waals surface area (Å²) in [6, 6.07) is 10.3. The van der Waals surface area contributed by atoms with E-state index in [1.807, 2.05) is 13.0 Å². The number of halogens is 2. The van der Waals surface area contributed by atoms with Gasteiger partial charge in [0.1, 0.15) is 12.7 Å². The lowest BCUT2D eigenvalue weighted by Crippen LogP contribution is -2.11. The van der Waals surface area contributed by atoms with E-state index in [4.69, 9.17) is 9.47 Å². The van der Waals surface area contributed by atoms with Gasteiger partial charge in [0.15, 0.2) is 23.1 Å². The van der Waals surface area contributed by atoms with Crippen LogP contribution in [0.5, 0.6) is 11.5 Å². The lowest BCUT2D eigenvalue weighted by molar-refractivity contribution is 0.105. The van der Waals surface area contributed by atoms with E-state index in [9.17, 15) is 13.9 Å². The molecule has 5 heteroatoms. The molecule has 21 heavy (non-hydrogen) atoms. The fourth-order valence-electron chi connectivity index (χ4n) is 1.83. The Morgan fingerprint density at radius 3 is 2.29 bits per heavy atom. The van der Waals surface area contributed by atoms with Crippen LogP contribution in [-0.4, -0.2) is 18.3 Å². The van der Waals surface area contributed by atoms with Gasteiger partial charge in [-0.05, 0) is 36.8 Å². The minimum atomic E-state index is -1.06. The summed E-state index contributed by atoms with van der Waals surface area (Å²) >= 11 is 0. The second-order valence-electron chi connectivity index (χ2n) is 4.38. The van der Waals surface area contributed by atoms with E-state index in [0.29, 0.717) is 18.1 Å². The highest BCUT2D eigenvalue weighted by Gasteiger charge is 2.13. The van der Waals surface area contributed by atoms with Crippen molar-refractivity contribution in [1.29, 1.82) is 0 Å².